The first-order valence-electron chi connectivity index (χ1n) is 13.5. The first-order chi connectivity index (χ1) is 18.2. The Hall–Kier alpha value is -3.07. The maximum Gasteiger partial charge on any atom is 0.416 e. The number of nitrogens with one attached hydrogen (secondary N) is 1. The Morgan fingerprint density at radius 2 is 1.55 bits per heavy atom. The summed E-state index contributed by atoms with van der Waals surface area (Å²) in [5, 5.41) is 3.26. The summed E-state index contributed by atoms with van der Waals surface area (Å²) in [6.45, 7) is 3.63. The van der Waals surface area contributed by atoms with Crippen LogP contribution in [-0.2, 0) is 11.0 Å². The highest BCUT2D eigenvalue weighted by atomic mass is 19.4. The lowest BCUT2D eigenvalue weighted by Gasteiger charge is -2.34. The fourth-order valence-electron chi connectivity index (χ4n) is 6.18. The molecule has 0 aromatic heterocycles. The van der Waals surface area contributed by atoms with E-state index in [-0.39, 0.29) is 23.6 Å². The van der Waals surface area contributed by atoms with Crippen molar-refractivity contribution in [3.63, 3.8) is 0 Å². The highest BCUT2D eigenvalue weighted by molar-refractivity contribution is 5.95. The van der Waals surface area contributed by atoms with Gasteiger partial charge in [0, 0.05) is 25.1 Å². The summed E-state index contributed by atoms with van der Waals surface area (Å²) in [7, 11) is 0. The minimum Gasteiger partial charge on any atom is -0.457 e. The lowest BCUT2D eigenvalue weighted by Crippen LogP contribution is -2.54. The molecule has 1 N–H and O–H groups in total. The van der Waals surface area contributed by atoms with Crippen molar-refractivity contribution in [1.29, 1.82) is 0 Å². The van der Waals surface area contributed by atoms with E-state index in [2.05, 4.69) is 10.2 Å². The predicted octanol–water partition coefficient (Wildman–Crippen LogP) is 5.63. The van der Waals surface area contributed by atoms with Crippen LogP contribution in [0.25, 0.3) is 0 Å². The zero-order valence-electron chi connectivity index (χ0n) is 21.4. The topological polar surface area (TPSA) is 61.9 Å². The molecule has 2 heterocycles. The maximum atomic E-state index is 13.2. The standard InChI is InChI=1S/C29H34F3N3O3/c30-29(31,32)22-8-12-24(13-9-22)38-23-10-6-21(7-11-23)27(37)33-28-15-4-5-25(28)35(20-16-28)26(36)14-19-34-17-2-1-3-18-34/h6-13,25H,1-5,14-20H2,(H,33,37)/t25-,28+/m0/s1. The van der Waals surface area contributed by atoms with E-state index in [4.69, 9.17) is 4.74 Å². The average molecular weight is 530 g/mol. The quantitative estimate of drug-likeness (QED) is 0.505. The zero-order valence-corrected chi connectivity index (χ0v) is 21.4. The monoisotopic (exact) mass is 529 g/mol. The Kier molecular flexibility index (Phi) is 7.66. The molecule has 6 nitrogen and oxygen atoms in total. The van der Waals surface area contributed by atoms with Gasteiger partial charge in [0.15, 0.2) is 0 Å². The van der Waals surface area contributed by atoms with Crippen LogP contribution in [-0.4, -0.2) is 59.4 Å². The van der Waals surface area contributed by atoms with Crippen molar-refractivity contribution in [1.82, 2.24) is 15.1 Å². The number of amides is 2. The zero-order chi connectivity index (χ0) is 26.8. The summed E-state index contributed by atoms with van der Waals surface area (Å²) in [6, 6.07) is 11.0. The minimum absolute atomic E-state index is 0.0302. The summed E-state index contributed by atoms with van der Waals surface area (Å²) >= 11 is 0. The predicted molar refractivity (Wildman–Crippen MR) is 137 cm³/mol. The van der Waals surface area contributed by atoms with Crippen LogP contribution < -0.4 is 10.1 Å². The molecule has 2 aromatic rings. The second-order valence-corrected chi connectivity index (χ2v) is 10.7. The maximum absolute atomic E-state index is 13.2. The van der Waals surface area contributed by atoms with Crippen molar-refractivity contribution < 1.29 is 27.5 Å². The Bertz CT molecular complexity index is 1130. The van der Waals surface area contributed by atoms with Crippen LogP contribution in [0.5, 0.6) is 11.5 Å². The summed E-state index contributed by atoms with van der Waals surface area (Å²) in [5.41, 5.74) is -0.664. The lowest BCUT2D eigenvalue weighted by atomic mass is 9.92. The van der Waals surface area contributed by atoms with E-state index in [0.29, 0.717) is 24.3 Å². The summed E-state index contributed by atoms with van der Waals surface area (Å²) in [6.07, 6.45) is 3.30. The number of hydrogen-bond donors (Lipinski definition) is 1. The molecule has 3 fully saturated rings. The highest BCUT2D eigenvalue weighted by Crippen LogP contribution is 2.42. The van der Waals surface area contributed by atoms with Crippen LogP contribution in [0.15, 0.2) is 48.5 Å². The molecule has 9 heteroatoms. The van der Waals surface area contributed by atoms with Gasteiger partial charge >= 0.3 is 6.18 Å². The van der Waals surface area contributed by atoms with Gasteiger partial charge in [-0.3, -0.25) is 9.59 Å². The summed E-state index contributed by atoms with van der Waals surface area (Å²) in [4.78, 5) is 30.7. The number of nitrogens with zero attached hydrogens (tertiary/aromatic N) is 2. The van der Waals surface area contributed by atoms with Gasteiger partial charge in [-0.1, -0.05) is 6.42 Å². The minimum atomic E-state index is -4.40. The number of benzene rings is 2. The average Bonchev–Trinajstić information content (AvgIpc) is 3.46. The van der Waals surface area contributed by atoms with Crippen molar-refractivity contribution in [3.8, 4) is 11.5 Å². The molecule has 3 aliphatic rings. The smallest absolute Gasteiger partial charge is 0.416 e. The van der Waals surface area contributed by atoms with Gasteiger partial charge in [-0.05, 0) is 100 Å². The lowest BCUT2D eigenvalue weighted by molar-refractivity contribution is -0.137. The van der Waals surface area contributed by atoms with Crippen molar-refractivity contribution >= 4 is 11.8 Å². The first-order valence-corrected chi connectivity index (χ1v) is 13.5. The first kappa shape index (κ1) is 26.5. The van der Waals surface area contributed by atoms with Gasteiger partial charge < -0.3 is 19.9 Å². The van der Waals surface area contributed by atoms with E-state index in [1.807, 2.05) is 4.90 Å². The number of likely N-dealkylation sites (tertiary alicyclic amines) is 2. The number of ether oxygens (including phenoxy) is 1. The van der Waals surface area contributed by atoms with E-state index in [9.17, 15) is 22.8 Å². The van der Waals surface area contributed by atoms with Gasteiger partial charge in [-0.2, -0.15) is 13.2 Å². The van der Waals surface area contributed by atoms with Crippen molar-refractivity contribution in [2.75, 3.05) is 26.2 Å². The summed E-state index contributed by atoms with van der Waals surface area (Å²) < 4.78 is 43.9. The van der Waals surface area contributed by atoms with E-state index in [0.717, 1.165) is 57.5 Å². The van der Waals surface area contributed by atoms with Gasteiger partial charge in [-0.15, -0.1) is 0 Å². The van der Waals surface area contributed by atoms with Crippen LogP contribution in [0.1, 0.15) is 67.3 Å². The largest absolute Gasteiger partial charge is 0.457 e. The number of carbonyl (C=O) groups is 2. The van der Waals surface area contributed by atoms with Gasteiger partial charge in [0.25, 0.3) is 5.91 Å². The number of piperidine rings is 1. The molecule has 2 aliphatic heterocycles. The van der Waals surface area contributed by atoms with E-state index in [1.54, 1.807) is 24.3 Å². The van der Waals surface area contributed by atoms with Gasteiger partial charge in [0.2, 0.25) is 5.91 Å². The molecule has 0 radical (unpaired) electrons. The fraction of sp³-hybridized carbons (Fsp3) is 0.517. The number of rotatable bonds is 7. The molecule has 38 heavy (non-hydrogen) atoms. The molecule has 2 saturated heterocycles. The Labute approximate surface area is 221 Å². The molecule has 5 rings (SSSR count). The van der Waals surface area contributed by atoms with E-state index >= 15 is 0 Å². The van der Waals surface area contributed by atoms with Crippen molar-refractivity contribution in [2.45, 2.75) is 69.1 Å². The van der Waals surface area contributed by atoms with Crippen molar-refractivity contribution in [2.24, 2.45) is 0 Å². The van der Waals surface area contributed by atoms with Gasteiger partial charge in [0.1, 0.15) is 11.5 Å². The van der Waals surface area contributed by atoms with E-state index < -0.39 is 17.3 Å². The number of halogens is 3. The number of fused-ring (bicyclic) bond motifs is 1. The van der Waals surface area contributed by atoms with Gasteiger partial charge in [0.05, 0.1) is 17.1 Å². The number of alkyl halides is 3. The molecule has 2 atom stereocenters. The molecule has 0 spiro atoms. The highest BCUT2D eigenvalue weighted by Gasteiger charge is 2.52. The molecule has 1 aliphatic carbocycles. The second-order valence-electron chi connectivity index (χ2n) is 10.7. The Morgan fingerprint density at radius 3 is 2.21 bits per heavy atom. The molecule has 1 saturated carbocycles. The Balaban J connectivity index is 1.17. The summed E-state index contributed by atoms with van der Waals surface area (Å²) in [5.74, 6) is 0.687. The van der Waals surface area contributed by atoms with Gasteiger partial charge in [-0.25, -0.2) is 0 Å². The van der Waals surface area contributed by atoms with Crippen molar-refractivity contribution in [3.05, 3.63) is 59.7 Å². The second kappa shape index (κ2) is 11.0. The molecule has 2 aromatic carbocycles. The van der Waals surface area contributed by atoms with E-state index in [1.165, 1.54) is 31.4 Å². The third-order valence-corrected chi connectivity index (χ3v) is 8.22. The third kappa shape index (κ3) is 5.82. The van der Waals surface area contributed by atoms with Crippen LogP contribution in [0.4, 0.5) is 13.2 Å². The fourth-order valence-corrected chi connectivity index (χ4v) is 6.18. The molecule has 0 bridgehead atoms. The third-order valence-electron chi connectivity index (χ3n) is 8.22. The van der Waals surface area contributed by atoms with Crippen LogP contribution in [0.3, 0.4) is 0 Å². The number of hydrogen-bond acceptors (Lipinski definition) is 4. The van der Waals surface area contributed by atoms with Crippen LogP contribution >= 0.6 is 0 Å². The van der Waals surface area contributed by atoms with Crippen LogP contribution in [0, 0.1) is 0 Å². The molecule has 0 unspecified atom stereocenters. The molecule has 2 amide bonds. The Morgan fingerprint density at radius 1 is 0.895 bits per heavy atom. The SMILES string of the molecule is O=C(N[C@@]12CCC[C@@H]1N(C(=O)CCN1CCCCC1)CC2)c1ccc(Oc2ccc(C(F)(F)F)cc2)cc1. The molecule has 204 valence electrons. The molecular formula is C29H34F3N3O3. The number of carbonyl (C=O) groups excluding carboxylic acids is 2. The molecular weight excluding hydrogens is 495 g/mol. The normalized spacial score (nSPS) is 23.8. The van der Waals surface area contributed by atoms with Crippen LogP contribution in [0.2, 0.25) is 0 Å².